The van der Waals surface area contributed by atoms with Gasteiger partial charge < -0.3 is 14.4 Å². The minimum Gasteiger partial charge on any atom is -0.481 e. The molecule has 6 nitrogen and oxygen atoms in total. The molecule has 7 heteroatoms. The highest BCUT2D eigenvalue weighted by Crippen LogP contribution is 2.28. The SMILES string of the molecule is O=C(O)CCC1CCCN(C(=O)CCc2ncc(-c3ccccc3Cl)o2)C1. The first-order chi connectivity index (χ1) is 13.0. The number of benzene rings is 1. The van der Waals surface area contributed by atoms with E-state index in [4.69, 9.17) is 21.1 Å². The zero-order valence-electron chi connectivity index (χ0n) is 15.1. The van der Waals surface area contributed by atoms with Crippen LogP contribution in [0.4, 0.5) is 0 Å². The number of aromatic nitrogens is 1. The van der Waals surface area contributed by atoms with Crippen LogP contribution in [-0.2, 0) is 16.0 Å². The van der Waals surface area contributed by atoms with E-state index in [1.54, 1.807) is 12.3 Å². The Balaban J connectivity index is 1.52. The highest BCUT2D eigenvalue weighted by Gasteiger charge is 2.24. The summed E-state index contributed by atoms with van der Waals surface area (Å²) in [7, 11) is 0. The van der Waals surface area contributed by atoms with Crippen molar-refractivity contribution in [3.8, 4) is 11.3 Å². The number of oxazole rings is 1. The highest BCUT2D eigenvalue weighted by atomic mass is 35.5. The predicted molar refractivity (Wildman–Crippen MR) is 101 cm³/mol. The lowest BCUT2D eigenvalue weighted by molar-refractivity contribution is -0.137. The summed E-state index contributed by atoms with van der Waals surface area (Å²) in [6.07, 6.45) is 5.08. The Morgan fingerprint density at radius 3 is 2.89 bits per heavy atom. The number of carbonyl (C=O) groups excluding carboxylic acids is 1. The molecular formula is C20H23ClN2O4. The van der Waals surface area contributed by atoms with Crippen LogP contribution in [0.5, 0.6) is 0 Å². The van der Waals surface area contributed by atoms with Crippen LogP contribution in [0, 0.1) is 5.92 Å². The average molecular weight is 391 g/mol. The summed E-state index contributed by atoms with van der Waals surface area (Å²) in [5.41, 5.74) is 0.779. The normalized spacial score (nSPS) is 17.1. The van der Waals surface area contributed by atoms with Crippen molar-refractivity contribution >= 4 is 23.5 Å². The fourth-order valence-electron chi connectivity index (χ4n) is 3.44. The van der Waals surface area contributed by atoms with Crippen LogP contribution in [0.2, 0.25) is 5.02 Å². The van der Waals surface area contributed by atoms with Gasteiger partial charge in [0, 0.05) is 37.9 Å². The van der Waals surface area contributed by atoms with E-state index in [1.165, 1.54) is 0 Å². The van der Waals surface area contributed by atoms with Gasteiger partial charge >= 0.3 is 5.97 Å². The molecule has 1 saturated heterocycles. The molecule has 2 aromatic rings. The molecule has 0 aliphatic carbocycles. The summed E-state index contributed by atoms with van der Waals surface area (Å²) in [4.78, 5) is 29.3. The number of aliphatic carboxylic acids is 1. The number of amides is 1. The van der Waals surface area contributed by atoms with Crippen LogP contribution < -0.4 is 0 Å². The molecule has 1 aliphatic rings. The van der Waals surface area contributed by atoms with Gasteiger partial charge in [-0.05, 0) is 37.3 Å². The van der Waals surface area contributed by atoms with Gasteiger partial charge in [0.15, 0.2) is 11.7 Å². The summed E-state index contributed by atoms with van der Waals surface area (Å²) in [6.45, 7) is 1.38. The summed E-state index contributed by atoms with van der Waals surface area (Å²) < 4.78 is 5.74. The van der Waals surface area contributed by atoms with Crippen molar-refractivity contribution in [2.24, 2.45) is 5.92 Å². The third-order valence-electron chi connectivity index (χ3n) is 4.88. The molecule has 1 fully saturated rings. The van der Waals surface area contributed by atoms with E-state index in [0.717, 1.165) is 24.9 Å². The van der Waals surface area contributed by atoms with E-state index in [2.05, 4.69) is 4.98 Å². The fourth-order valence-corrected chi connectivity index (χ4v) is 3.67. The number of nitrogens with zero attached hydrogens (tertiary/aromatic N) is 2. The number of rotatable bonds is 7. The molecule has 0 radical (unpaired) electrons. The lowest BCUT2D eigenvalue weighted by Crippen LogP contribution is -2.40. The quantitative estimate of drug-likeness (QED) is 0.771. The molecule has 3 rings (SSSR count). The van der Waals surface area contributed by atoms with Crippen LogP contribution in [0.15, 0.2) is 34.9 Å². The highest BCUT2D eigenvalue weighted by molar-refractivity contribution is 6.33. The number of piperidine rings is 1. The summed E-state index contributed by atoms with van der Waals surface area (Å²) >= 11 is 6.17. The maximum atomic E-state index is 12.5. The van der Waals surface area contributed by atoms with Crippen molar-refractivity contribution < 1.29 is 19.1 Å². The van der Waals surface area contributed by atoms with Gasteiger partial charge in [0.1, 0.15) is 0 Å². The van der Waals surface area contributed by atoms with Gasteiger partial charge in [0.25, 0.3) is 0 Å². The largest absolute Gasteiger partial charge is 0.481 e. The van der Waals surface area contributed by atoms with Crippen molar-refractivity contribution in [1.29, 1.82) is 0 Å². The standard InChI is InChI=1S/C20H23ClN2O4/c21-16-6-2-1-5-15(16)17-12-22-18(27-17)8-9-19(24)23-11-3-4-14(13-23)7-10-20(25)26/h1-2,5-6,12,14H,3-4,7-11,13H2,(H,25,26). The molecule has 1 amide bonds. The number of hydrogen-bond donors (Lipinski definition) is 1. The predicted octanol–water partition coefficient (Wildman–Crippen LogP) is 4.03. The Kier molecular flexibility index (Phi) is 6.50. The summed E-state index contributed by atoms with van der Waals surface area (Å²) in [5, 5.41) is 9.42. The summed E-state index contributed by atoms with van der Waals surface area (Å²) in [6, 6.07) is 7.39. The zero-order chi connectivity index (χ0) is 19.2. The molecule has 0 spiro atoms. The second-order valence-electron chi connectivity index (χ2n) is 6.88. The van der Waals surface area contributed by atoms with E-state index in [0.29, 0.717) is 42.5 Å². The third kappa shape index (κ3) is 5.32. The molecule has 1 aromatic heterocycles. The summed E-state index contributed by atoms with van der Waals surface area (Å²) in [5.74, 6) is 0.656. The van der Waals surface area contributed by atoms with Gasteiger partial charge in [-0.3, -0.25) is 9.59 Å². The van der Waals surface area contributed by atoms with Crippen LogP contribution in [0.1, 0.15) is 38.0 Å². The van der Waals surface area contributed by atoms with Crippen LogP contribution >= 0.6 is 11.6 Å². The van der Waals surface area contributed by atoms with Crippen LogP contribution in [0.3, 0.4) is 0 Å². The Bertz CT molecular complexity index is 805. The van der Waals surface area contributed by atoms with E-state index in [-0.39, 0.29) is 18.2 Å². The van der Waals surface area contributed by atoms with Crippen LogP contribution in [-0.4, -0.2) is 40.0 Å². The molecule has 1 aromatic carbocycles. The molecule has 1 atom stereocenters. The van der Waals surface area contributed by atoms with Gasteiger partial charge in [0.2, 0.25) is 5.91 Å². The molecule has 1 unspecified atom stereocenters. The smallest absolute Gasteiger partial charge is 0.303 e. The van der Waals surface area contributed by atoms with Crippen LogP contribution in [0.25, 0.3) is 11.3 Å². The second kappa shape index (κ2) is 9.04. The lowest BCUT2D eigenvalue weighted by Gasteiger charge is -2.32. The number of likely N-dealkylation sites (tertiary alicyclic amines) is 1. The van der Waals surface area contributed by atoms with Crippen molar-refractivity contribution in [2.75, 3.05) is 13.1 Å². The number of hydrogen-bond acceptors (Lipinski definition) is 4. The van der Waals surface area contributed by atoms with Gasteiger partial charge in [-0.1, -0.05) is 23.7 Å². The number of halogens is 1. The maximum Gasteiger partial charge on any atom is 0.303 e. The number of carboxylic acid groups (broad SMARTS) is 1. The molecule has 27 heavy (non-hydrogen) atoms. The molecule has 0 saturated carbocycles. The lowest BCUT2D eigenvalue weighted by atomic mass is 9.93. The van der Waals surface area contributed by atoms with Crippen molar-refractivity contribution in [3.05, 3.63) is 41.4 Å². The van der Waals surface area contributed by atoms with E-state index < -0.39 is 5.97 Å². The minimum absolute atomic E-state index is 0.0625. The first kappa shape index (κ1) is 19.4. The second-order valence-corrected chi connectivity index (χ2v) is 7.29. The average Bonchev–Trinajstić information content (AvgIpc) is 3.14. The van der Waals surface area contributed by atoms with E-state index >= 15 is 0 Å². The number of aryl methyl sites for hydroxylation is 1. The number of carboxylic acids is 1. The van der Waals surface area contributed by atoms with E-state index in [1.807, 2.05) is 23.1 Å². The van der Waals surface area contributed by atoms with Gasteiger partial charge in [-0.2, -0.15) is 0 Å². The molecular weight excluding hydrogens is 368 g/mol. The Morgan fingerprint density at radius 2 is 2.11 bits per heavy atom. The third-order valence-corrected chi connectivity index (χ3v) is 5.21. The monoisotopic (exact) mass is 390 g/mol. The zero-order valence-corrected chi connectivity index (χ0v) is 15.8. The van der Waals surface area contributed by atoms with Gasteiger partial charge in [-0.15, -0.1) is 0 Å². The van der Waals surface area contributed by atoms with Crippen molar-refractivity contribution in [3.63, 3.8) is 0 Å². The molecule has 0 bridgehead atoms. The molecule has 1 N–H and O–H groups in total. The Labute approximate surface area is 163 Å². The topological polar surface area (TPSA) is 83.6 Å². The fraction of sp³-hybridized carbons (Fsp3) is 0.450. The minimum atomic E-state index is -0.781. The first-order valence-corrected chi connectivity index (χ1v) is 9.60. The molecule has 2 heterocycles. The van der Waals surface area contributed by atoms with Crippen molar-refractivity contribution in [1.82, 2.24) is 9.88 Å². The van der Waals surface area contributed by atoms with E-state index in [9.17, 15) is 9.59 Å². The first-order valence-electron chi connectivity index (χ1n) is 9.22. The number of carbonyl (C=O) groups is 2. The van der Waals surface area contributed by atoms with Gasteiger partial charge in [-0.25, -0.2) is 4.98 Å². The Morgan fingerprint density at radius 1 is 1.30 bits per heavy atom. The maximum absolute atomic E-state index is 12.5. The molecule has 144 valence electrons. The van der Waals surface area contributed by atoms with Gasteiger partial charge in [0.05, 0.1) is 11.2 Å². The van der Waals surface area contributed by atoms with Crippen molar-refractivity contribution in [2.45, 2.75) is 38.5 Å². The Hall–Kier alpha value is -2.34. The molecule has 1 aliphatic heterocycles.